The maximum absolute atomic E-state index is 13.9. The quantitative estimate of drug-likeness (QED) is 0.448. The second-order valence-electron chi connectivity index (χ2n) is 10.4. The molecule has 9 heteroatoms. The van der Waals surface area contributed by atoms with Crippen molar-refractivity contribution in [1.82, 2.24) is 15.5 Å². The first-order valence-electron chi connectivity index (χ1n) is 11.2. The van der Waals surface area contributed by atoms with Gasteiger partial charge in [-0.1, -0.05) is 36.7 Å². The highest BCUT2D eigenvalue weighted by atomic mass is 79.9. The summed E-state index contributed by atoms with van der Waals surface area (Å²) in [6, 6.07) is -1.20. The van der Waals surface area contributed by atoms with Crippen LogP contribution in [-0.2, 0) is 14.4 Å². The number of aliphatic hydroxyl groups excluding tert-OH is 1. The number of hydrogen-bond acceptors (Lipinski definition) is 5. The Balaban J connectivity index is 2.08. The van der Waals surface area contributed by atoms with E-state index >= 15 is 0 Å². The normalized spacial score (nSPS) is 35.5. The van der Waals surface area contributed by atoms with Crippen LogP contribution < -0.4 is 10.6 Å². The van der Waals surface area contributed by atoms with Crippen molar-refractivity contribution in [3.8, 4) is 0 Å². The Hall–Kier alpha value is -0.800. The number of halogens is 1. The molecular formula is C22H36BrN3O4S. The monoisotopic (exact) mass is 517 g/mol. The van der Waals surface area contributed by atoms with Gasteiger partial charge in [0.2, 0.25) is 17.7 Å². The van der Waals surface area contributed by atoms with E-state index in [9.17, 15) is 19.5 Å². The molecule has 3 heterocycles. The van der Waals surface area contributed by atoms with Crippen LogP contribution >= 0.6 is 27.7 Å². The van der Waals surface area contributed by atoms with Gasteiger partial charge in [-0.25, -0.2) is 0 Å². The van der Waals surface area contributed by atoms with E-state index in [0.717, 1.165) is 6.42 Å². The molecule has 3 amide bonds. The predicted molar refractivity (Wildman–Crippen MR) is 126 cm³/mol. The first-order chi connectivity index (χ1) is 14.4. The van der Waals surface area contributed by atoms with E-state index in [4.69, 9.17) is 0 Å². The number of fused-ring (bicyclic) bond motifs is 1. The number of thioether (sulfide) groups is 1. The van der Waals surface area contributed by atoms with Gasteiger partial charge in [-0.05, 0) is 39.5 Å². The van der Waals surface area contributed by atoms with Gasteiger partial charge in [0.1, 0.15) is 6.04 Å². The molecule has 2 bridgehead atoms. The number of alkyl halides is 1. The highest BCUT2D eigenvalue weighted by molar-refractivity contribution is 9.09. The van der Waals surface area contributed by atoms with Gasteiger partial charge in [0.25, 0.3) is 0 Å². The lowest BCUT2D eigenvalue weighted by atomic mass is 9.70. The zero-order valence-electron chi connectivity index (χ0n) is 19.3. The molecule has 7 atom stereocenters. The molecular weight excluding hydrogens is 482 g/mol. The molecule has 3 aliphatic heterocycles. The average molecular weight is 519 g/mol. The van der Waals surface area contributed by atoms with E-state index in [2.05, 4.69) is 26.6 Å². The fourth-order valence-corrected chi connectivity index (χ4v) is 9.05. The lowest BCUT2D eigenvalue weighted by Crippen LogP contribution is -2.60. The maximum Gasteiger partial charge on any atom is 0.244 e. The van der Waals surface area contributed by atoms with Crippen LogP contribution in [0.25, 0.3) is 0 Å². The summed E-state index contributed by atoms with van der Waals surface area (Å²) in [6.45, 7) is 12.0. The van der Waals surface area contributed by atoms with Gasteiger partial charge < -0.3 is 20.6 Å². The Labute approximate surface area is 198 Å². The minimum atomic E-state index is -0.720. The predicted octanol–water partition coefficient (Wildman–Crippen LogP) is 1.91. The molecule has 0 aliphatic carbocycles. The van der Waals surface area contributed by atoms with Gasteiger partial charge in [-0.2, -0.15) is 0 Å². The molecule has 176 valence electrons. The van der Waals surface area contributed by atoms with E-state index in [1.54, 1.807) is 16.7 Å². The van der Waals surface area contributed by atoms with E-state index < -0.39 is 34.2 Å². The number of aliphatic hydroxyl groups is 1. The van der Waals surface area contributed by atoms with Gasteiger partial charge in [-0.3, -0.25) is 14.4 Å². The Morgan fingerprint density at radius 3 is 2.48 bits per heavy atom. The van der Waals surface area contributed by atoms with Gasteiger partial charge in [0.15, 0.2) is 0 Å². The number of amides is 3. The van der Waals surface area contributed by atoms with Crippen LogP contribution in [0.3, 0.4) is 0 Å². The SMILES string of the molecule is CCCNC(=O)[C@H]1[C@H]2C(=O)N([C@@H](CO)C(C)C)C(C(=O)NC(C)(C)C)C23CC(Br)[C@@H]1S3. The molecule has 1 spiro atoms. The van der Waals surface area contributed by atoms with Crippen LogP contribution in [0.15, 0.2) is 0 Å². The summed E-state index contributed by atoms with van der Waals surface area (Å²) in [5.41, 5.74) is -0.458. The molecule has 3 aliphatic rings. The number of carbonyl (C=O) groups is 3. The first kappa shape index (κ1) is 24.8. The zero-order chi connectivity index (χ0) is 23.3. The van der Waals surface area contributed by atoms with Crippen LogP contribution in [0.4, 0.5) is 0 Å². The Morgan fingerprint density at radius 2 is 1.97 bits per heavy atom. The molecule has 0 aromatic heterocycles. The van der Waals surface area contributed by atoms with E-state index in [0.29, 0.717) is 13.0 Å². The summed E-state index contributed by atoms with van der Waals surface area (Å²) in [7, 11) is 0. The lowest BCUT2D eigenvalue weighted by Gasteiger charge is -2.39. The maximum atomic E-state index is 13.9. The third-order valence-electron chi connectivity index (χ3n) is 6.64. The van der Waals surface area contributed by atoms with Crippen molar-refractivity contribution in [2.75, 3.05) is 13.2 Å². The van der Waals surface area contributed by atoms with Crippen molar-refractivity contribution >= 4 is 45.4 Å². The molecule has 0 saturated carbocycles. The van der Waals surface area contributed by atoms with Crippen LogP contribution in [0.5, 0.6) is 0 Å². The first-order valence-corrected chi connectivity index (χ1v) is 13.0. The van der Waals surface area contributed by atoms with Crippen LogP contribution in [0, 0.1) is 17.8 Å². The Kier molecular flexibility index (Phi) is 7.10. The summed E-state index contributed by atoms with van der Waals surface area (Å²) < 4.78 is -0.679. The van der Waals surface area contributed by atoms with E-state index in [1.807, 2.05) is 41.5 Å². The number of nitrogens with zero attached hydrogens (tertiary/aromatic N) is 1. The summed E-state index contributed by atoms with van der Waals surface area (Å²) >= 11 is 5.38. The van der Waals surface area contributed by atoms with Gasteiger partial charge >= 0.3 is 0 Å². The van der Waals surface area contributed by atoms with Crippen LogP contribution in [-0.4, -0.2) is 73.3 Å². The topological polar surface area (TPSA) is 98.7 Å². The highest BCUT2D eigenvalue weighted by Gasteiger charge is 2.76. The largest absolute Gasteiger partial charge is 0.394 e. The van der Waals surface area contributed by atoms with Crippen molar-refractivity contribution in [3.63, 3.8) is 0 Å². The van der Waals surface area contributed by atoms with Crippen molar-refractivity contribution in [2.45, 2.75) is 86.8 Å². The summed E-state index contributed by atoms with van der Waals surface area (Å²) in [5, 5.41) is 16.2. The molecule has 0 radical (unpaired) electrons. The van der Waals surface area contributed by atoms with Crippen molar-refractivity contribution < 1.29 is 19.5 Å². The molecule has 3 rings (SSSR count). The Bertz CT molecular complexity index is 743. The highest BCUT2D eigenvalue weighted by Crippen LogP contribution is 2.68. The van der Waals surface area contributed by atoms with Crippen LogP contribution in [0.2, 0.25) is 0 Å². The minimum absolute atomic E-state index is 0.0246. The number of hydrogen-bond donors (Lipinski definition) is 3. The molecule has 3 N–H and O–H groups in total. The van der Waals surface area contributed by atoms with Crippen molar-refractivity contribution in [3.05, 3.63) is 0 Å². The third-order valence-corrected chi connectivity index (χ3v) is 9.86. The van der Waals surface area contributed by atoms with Gasteiger partial charge in [0.05, 0.1) is 29.2 Å². The molecule has 7 nitrogen and oxygen atoms in total. The summed E-state index contributed by atoms with van der Waals surface area (Å²) in [5.74, 6) is -1.55. The lowest BCUT2D eigenvalue weighted by molar-refractivity contribution is -0.144. The minimum Gasteiger partial charge on any atom is -0.394 e. The Morgan fingerprint density at radius 1 is 1.32 bits per heavy atom. The van der Waals surface area contributed by atoms with Gasteiger partial charge in [0, 0.05) is 22.2 Å². The molecule has 0 aromatic rings. The number of likely N-dealkylation sites (tertiary alicyclic amines) is 1. The molecule has 3 fully saturated rings. The fraction of sp³-hybridized carbons (Fsp3) is 0.864. The fourth-order valence-electron chi connectivity index (χ4n) is 5.45. The van der Waals surface area contributed by atoms with Crippen molar-refractivity contribution in [2.24, 2.45) is 17.8 Å². The molecule has 0 aromatic carbocycles. The third kappa shape index (κ3) is 4.14. The molecule has 31 heavy (non-hydrogen) atoms. The zero-order valence-corrected chi connectivity index (χ0v) is 21.7. The number of rotatable bonds is 7. The second kappa shape index (κ2) is 8.86. The number of carbonyl (C=O) groups excluding carboxylic acids is 3. The molecule has 3 saturated heterocycles. The average Bonchev–Trinajstić information content (AvgIpc) is 3.23. The van der Waals surface area contributed by atoms with Crippen LogP contribution in [0.1, 0.15) is 54.4 Å². The van der Waals surface area contributed by atoms with E-state index in [1.165, 1.54) is 0 Å². The summed E-state index contributed by atoms with van der Waals surface area (Å²) in [4.78, 5) is 42.3. The molecule has 3 unspecified atom stereocenters. The number of nitrogens with one attached hydrogen (secondary N) is 2. The second-order valence-corrected chi connectivity index (χ2v) is 13.1. The standard InChI is InChI=1S/C22H36BrN3O4S/c1-7-8-24-18(28)14-15-20(30)26(13(10-27)11(2)3)17(19(29)25-21(4,5)6)22(15)9-12(23)16(14)31-22/h11-17,27H,7-10H2,1-6H3,(H,24,28)(H,25,29)/t12?,13-,14-,15-,16-,17?,22?/m0/s1. The smallest absolute Gasteiger partial charge is 0.244 e. The van der Waals surface area contributed by atoms with Crippen molar-refractivity contribution in [1.29, 1.82) is 0 Å². The van der Waals surface area contributed by atoms with E-state index in [-0.39, 0.29) is 40.3 Å². The summed E-state index contributed by atoms with van der Waals surface area (Å²) in [6.07, 6.45) is 1.46. The van der Waals surface area contributed by atoms with Gasteiger partial charge in [-0.15, -0.1) is 11.8 Å².